The molecule has 1 unspecified atom stereocenters. The number of aromatic amines is 1. The van der Waals surface area contributed by atoms with Crippen LogP contribution in [0.4, 0.5) is 8.78 Å². The van der Waals surface area contributed by atoms with Crippen LogP contribution in [-0.4, -0.2) is 45.9 Å². The van der Waals surface area contributed by atoms with Gasteiger partial charge >= 0.3 is 6.61 Å². The quantitative estimate of drug-likeness (QED) is 0.408. The number of hydrogen-bond donors (Lipinski definition) is 2. The van der Waals surface area contributed by atoms with E-state index >= 15 is 0 Å². The fourth-order valence-electron chi connectivity index (χ4n) is 6.10. The number of ether oxygens (including phenoxy) is 1. The van der Waals surface area contributed by atoms with Gasteiger partial charge in [0.2, 0.25) is 0 Å². The molecule has 2 aromatic heterocycles. The van der Waals surface area contributed by atoms with Gasteiger partial charge in [-0.2, -0.15) is 8.78 Å². The standard InChI is InChI=1S/C30H35F2N5O3/c1-18-16-25(40-30(31)32)23(28(38)35-18)17-34-29(39)27-20(3)37(24-9-5-4-8-22(24)27)19(2)21-11-14-36(15-12-21)26-10-6-7-13-33-26/h4-5,7-9,13,16,19,21,30H,6,10-12,14-15,17H2,1-3H3,(H,34,39)(H,35,38). The van der Waals surface area contributed by atoms with E-state index in [1.807, 2.05) is 37.4 Å². The second kappa shape index (κ2) is 11.7. The number of H-pyrrole nitrogens is 1. The first-order valence-corrected chi connectivity index (χ1v) is 13.8. The van der Waals surface area contributed by atoms with Crippen molar-refractivity contribution in [2.45, 2.75) is 65.7 Å². The van der Waals surface area contributed by atoms with Crippen molar-refractivity contribution < 1.29 is 18.3 Å². The van der Waals surface area contributed by atoms with Gasteiger partial charge in [-0.05, 0) is 52.0 Å². The lowest BCUT2D eigenvalue weighted by Gasteiger charge is -2.38. The largest absolute Gasteiger partial charge is 0.434 e. The first-order valence-electron chi connectivity index (χ1n) is 13.8. The van der Waals surface area contributed by atoms with Gasteiger partial charge < -0.3 is 24.5 Å². The average Bonchev–Trinajstić information content (AvgIpc) is 3.24. The van der Waals surface area contributed by atoms with E-state index in [2.05, 4.69) is 42.5 Å². The SMILES string of the molecule is Cc1cc(OC(F)F)c(CNC(=O)c2c(C)n(C(C)C3CCN(C4=NC=CCC4)CC3)c3ccccc23)c(=O)[nH]1. The van der Waals surface area contributed by atoms with Crippen LogP contribution >= 0.6 is 0 Å². The fourth-order valence-corrected chi connectivity index (χ4v) is 6.10. The number of likely N-dealkylation sites (tertiary alicyclic amines) is 1. The normalized spacial score (nSPS) is 16.9. The van der Waals surface area contributed by atoms with Gasteiger partial charge in [-0.3, -0.25) is 9.59 Å². The van der Waals surface area contributed by atoms with Gasteiger partial charge in [0.05, 0.1) is 17.7 Å². The molecule has 8 nitrogen and oxygen atoms in total. The van der Waals surface area contributed by atoms with Crippen molar-refractivity contribution in [2.24, 2.45) is 10.9 Å². The summed E-state index contributed by atoms with van der Waals surface area (Å²) in [6.07, 6.45) is 8.08. The monoisotopic (exact) mass is 551 g/mol. The molecular formula is C30H35F2N5O3. The molecule has 2 aliphatic heterocycles. The maximum absolute atomic E-state index is 13.5. The molecule has 212 valence electrons. The first-order chi connectivity index (χ1) is 19.2. The number of aliphatic imine (C=N–C) groups is 1. The lowest BCUT2D eigenvalue weighted by molar-refractivity contribution is -0.0506. The number of nitrogens with one attached hydrogen (secondary N) is 2. The number of benzene rings is 1. The summed E-state index contributed by atoms with van der Waals surface area (Å²) in [5.41, 5.74) is 2.07. The predicted octanol–water partition coefficient (Wildman–Crippen LogP) is 5.46. The molecule has 0 spiro atoms. The fraction of sp³-hybridized carbons (Fsp3) is 0.433. The molecular weight excluding hydrogens is 516 g/mol. The van der Waals surface area contributed by atoms with Crippen molar-refractivity contribution in [3.63, 3.8) is 0 Å². The van der Waals surface area contributed by atoms with Crippen LogP contribution in [0.3, 0.4) is 0 Å². The molecule has 5 rings (SSSR count). The number of carbonyl (C=O) groups excluding carboxylic acids is 1. The molecule has 4 heterocycles. The van der Waals surface area contributed by atoms with Crippen LogP contribution in [0.1, 0.15) is 66.0 Å². The number of aromatic nitrogens is 2. The number of fused-ring (bicyclic) bond motifs is 1. The van der Waals surface area contributed by atoms with Crippen LogP contribution in [-0.2, 0) is 6.54 Å². The van der Waals surface area contributed by atoms with E-state index in [1.165, 1.54) is 11.9 Å². The van der Waals surface area contributed by atoms with Gasteiger partial charge in [-0.1, -0.05) is 24.3 Å². The maximum Gasteiger partial charge on any atom is 0.387 e. The van der Waals surface area contributed by atoms with Crippen LogP contribution in [0.2, 0.25) is 0 Å². The Hall–Kier alpha value is -3.95. The molecule has 0 saturated carbocycles. The second-order valence-electron chi connectivity index (χ2n) is 10.6. The molecule has 0 bridgehead atoms. The number of amides is 1. The Labute approximate surface area is 231 Å². The summed E-state index contributed by atoms with van der Waals surface area (Å²) in [7, 11) is 0. The zero-order chi connectivity index (χ0) is 28.4. The van der Waals surface area contributed by atoms with Crippen molar-refractivity contribution in [2.75, 3.05) is 13.1 Å². The number of nitrogens with zero attached hydrogens (tertiary/aromatic N) is 3. The van der Waals surface area contributed by atoms with Gasteiger partial charge in [0.15, 0.2) is 0 Å². The molecule has 1 fully saturated rings. The minimum absolute atomic E-state index is 0.0566. The Morgan fingerprint density at radius 3 is 2.67 bits per heavy atom. The number of pyridine rings is 1. The van der Waals surface area contributed by atoms with Crippen LogP contribution in [0, 0.1) is 19.8 Å². The zero-order valence-corrected chi connectivity index (χ0v) is 23.0. The Kier molecular flexibility index (Phi) is 8.04. The number of allylic oxidation sites excluding steroid dienone is 1. The third-order valence-electron chi connectivity index (χ3n) is 8.11. The van der Waals surface area contributed by atoms with Gasteiger partial charge in [-0.25, -0.2) is 4.99 Å². The van der Waals surface area contributed by atoms with Gasteiger partial charge in [0, 0.05) is 60.1 Å². The maximum atomic E-state index is 13.5. The number of halogens is 2. The van der Waals surface area contributed by atoms with Crippen LogP contribution in [0.15, 0.2) is 52.4 Å². The Morgan fingerprint density at radius 1 is 1.23 bits per heavy atom. The average molecular weight is 552 g/mol. The van der Waals surface area contributed by atoms with E-state index in [0.717, 1.165) is 55.4 Å². The number of alkyl halides is 2. The first kappa shape index (κ1) is 27.6. The minimum atomic E-state index is -3.09. The van der Waals surface area contributed by atoms with Crippen molar-refractivity contribution >= 4 is 22.6 Å². The van der Waals surface area contributed by atoms with E-state index in [1.54, 1.807) is 6.92 Å². The van der Waals surface area contributed by atoms with E-state index < -0.39 is 12.2 Å². The Balaban J connectivity index is 1.37. The third-order valence-corrected chi connectivity index (χ3v) is 8.11. The van der Waals surface area contributed by atoms with Crippen molar-refractivity contribution in [1.82, 2.24) is 19.8 Å². The third kappa shape index (κ3) is 5.52. The highest BCUT2D eigenvalue weighted by molar-refractivity contribution is 6.08. The molecule has 1 amide bonds. The summed E-state index contributed by atoms with van der Waals surface area (Å²) in [6, 6.07) is 9.29. The lowest BCUT2D eigenvalue weighted by Crippen LogP contribution is -2.40. The van der Waals surface area contributed by atoms with E-state index in [4.69, 9.17) is 0 Å². The van der Waals surface area contributed by atoms with Crippen LogP contribution < -0.4 is 15.6 Å². The molecule has 10 heteroatoms. The highest BCUT2D eigenvalue weighted by atomic mass is 19.3. The highest BCUT2D eigenvalue weighted by Gasteiger charge is 2.30. The molecule has 2 aliphatic rings. The Morgan fingerprint density at radius 2 is 1.98 bits per heavy atom. The molecule has 2 N–H and O–H groups in total. The van der Waals surface area contributed by atoms with Crippen LogP contribution in [0.25, 0.3) is 10.9 Å². The Bertz CT molecular complexity index is 1520. The molecule has 40 heavy (non-hydrogen) atoms. The van der Waals surface area contributed by atoms with E-state index in [9.17, 15) is 18.4 Å². The summed E-state index contributed by atoms with van der Waals surface area (Å²) in [5.74, 6) is 0.984. The number of aryl methyl sites for hydroxylation is 1. The summed E-state index contributed by atoms with van der Waals surface area (Å²) in [6.45, 7) is 4.31. The molecule has 0 radical (unpaired) electrons. The van der Waals surface area contributed by atoms with Gasteiger partial charge in [-0.15, -0.1) is 0 Å². The number of rotatable bonds is 7. The molecule has 1 atom stereocenters. The predicted molar refractivity (Wildman–Crippen MR) is 151 cm³/mol. The summed E-state index contributed by atoms with van der Waals surface area (Å²) in [5, 5.41) is 3.59. The summed E-state index contributed by atoms with van der Waals surface area (Å²) in [4.78, 5) is 35.6. The zero-order valence-electron chi connectivity index (χ0n) is 23.0. The van der Waals surface area contributed by atoms with Gasteiger partial charge in [0.25, 0.3) is 11.5 Å². The number of amidine groups is 1. The molecule has 1 aromatic carbocycles. The number of piperidine rings is 1. The topological polar surface area (TPSA) is 91.7 Å². The minimum Gasteiger partial charge on any atom is -0.434 e. The van der Waals surface area contributed by atoms with E-state index in [-0.39, 0.29) is 29.8 Å². The van der Waals surface area contributed by atoms with Crippen LogP contribution in [0.5, 0.6) is 5.75 Å². The number of para-hydroxylation sites is 1. The summed E-state index contributed by atoms with van der Waals surface area (Å²) >= 11 is 0. The number of carbonyl (C=O) groups is 1. The second-order valence-corrected chi connectivity index (χ2v) is 10.6. The van der Waals surface area contributed by atoms with Crippen molar-refractivity contribution in [1.29, 1.82) is 0 Å². The van der Waals surface area contributed by atoms with Crippen molar-refractivity contribution in [3.8, 4) is 5.75 Å². The van der Waals surface area contributed by atoms with Gasteiger partial charge in [0.1, 0.15) is 11.6 Å². The smallest absolute Gasteiger partial charge is 0.387 e. The molecule has 0 aliphatic carbocycles. The van der Waals surface area contributed by atoms with E-state index in [0.29, 0.717) is 17.2 Å². The van der Waals surface area contributed by atoms with Crippen molar-refractivity contribution in [3.05, 3.63) is 75.5 Å². The summed E-state index contributed by atoms with van der Waals surface area (Å²) < 4.78 is 32.7. The number of hydrogen-bond acceptors (Lipinski definition) is 5. The lowest BCUT2D eigenvalue weighted by atomic mass is 9.89. The molecule has 3 aromatic rings. The highest BCUT2D eigenvalue weighted by Crippen LogP contribution is 2.36. The molecule has 1 saturated heterocycles.